The van der Waals surface area contributed by atoms with Crippen LogP contribution in [0.3, 0.4) is 0 Å². The molecule has 2 N–H and O–H groups in total. The van der Waals surface area contributed by atoms with Gasteiger partial charge in [0.1, 0.15) is 12.1 Å². The molecule has 0 unspecified atom stereocenters. The highest BCUT2D eigenvalue weighted by atomic mass is 79.9. The first-order valence-electron chi connectivity index (χ1n) is 2.87. The minimum absolute atomic E-state index is 0.560. The first-order valence-corrected chi connectivity index (χ1v) is 3.99. The Balaban J connectivity index is 3.17. The Kier molecular flexibility index (Phi) is 2.21. The molecule has 1 rings (SSSR count). The Hall–Kier alpha value is -0.640. The maximum atomic E-state index is 5.55. The van der Waals surface area contributed by atoms with Crippen LogP contribution in [0.25, 0.3) is 0 Å². The number of nitrogens with zero attached hydrogens (tertiary/aromatic N) is 2. The Labute approximate surface area is 67.8 Å². The van der Waals surface area contributed by atoms with Crippen molar-refractivity contribution in [3.05, 3.63) is 17.6 Å². The van der Waals surface area contributed by atoms with E-state index in [0.717, 1.165) is 11.3 Å². The van der Waals surface area contributed by atoms with E-state index >= 15 is 0 Å². The molecule has 0 bridgehead atoms. The largest absolute Gasteiger partial charge is 0.383 e. The summed E-state index contributed by atoms with van der Waals surface area (Å²) in [6.07, 6.45) is 1.47. The first-order chi connectivity index (χ1) is 4.75. The third-order valence-electron chi connectivity index (χ3n) is 1.33. The van der Waals surface area contributed by atoms with E-state index in [-0.39, 0.29) is 0 Å². The third kappa shape index (κ3) is 1.26. The van der Waals surface area contributed by atoms with Gasteiger partial charge in [-0.15, -0.1) is 0 Å². The standard InChI is InChI=1S/C6H8BrN3/c1-4-5(2-7)6(8)10-3-9-4/h3H,2H2,1H3,(H2,8,9,10). The summed E-state index contributed by atoms with van der Waals surface area (Å²) in [7, 11) is 0. The van der Waals surface area contributed by atoms with Gasteiger partial charge in [0.15, 0.2) is 0 Å². The van der Waals surface area contributed by atoms with Gasteiger partial charge in [-0.25, -0.2) is 9.97 Å². The highest BCUT2D eigenvalue weighted by Gasteiger charge is 2.01. The lowest BCUT2D eigenvalue weighted by Crippen LogP contribution is -1.99. The number of hydrogen-bond donors (Lipinski definition) is 1. The van der Waals surface area contributed by atoms with Crippen molar-refractivity contribution in [2.75, 3.05) is 5.73 Å². The summed E-state index contributed by atoms with van der Waals surface area (Å²) in [4.78, 5) is 7.84. The minimum Gasteiger partial charge on any atom is -0.383 e. The van der Waals surface area contributed by atoms with E-state index in [1.807, 2.05) is 6.92 Å². The van der Waals surface area contributed by atoms with Crippen molar-refractivity contribution in [3.63, 3.8) is 0 Å². The van der Waals surface area contributed by atoms with Gasteiger partial charge in [-0.05, 0) is 6.92 Å². The minimum atomic E-state index is 0.560. The van der Waals surface area contributed by atoms with Crippen LogP contribution < -0.4 is 5.73 Å². The zero-order valence-corrected chi connectivity index (χ0v) is 7.22. The van der Waals surface area contributed by atoms with Crippen LogP contribution in [0, 0.1) is 6.92 Å². The van der Waals surface area contributed by atoms with Crippen molar-refractivity contribution >= 4 is 21.7 Å². The van der Waals surface area contributed by atoms with E-state index in [9.17, 15) is 0 Å². The van der Waals surface area contributed by atoms with Crippen LogP contribution in [0.5, 0.6) is 0 Å². The highest BCUT2D eigenvalue weighted by molar-refractivity contribution is 9.08. The lowest BCUT2D eigenvalue weighted by molar-refractivity contribution is 1.07. The predicted molar refractivity (Wildman–Crippen MR) is 43.8 cm³/mol. The quantitative estimate of drug-likeness (QED) is 0.697. The number of aromatic nitrogens is 2. The fourth-order valence-electron chi connectivity index (χ4n) is 0.684. The Morgan fingerprint density at radius 2 is 2.30 bits per heavy atom. The van der Waals surface area contributed by atoms with E-state index in [2.05, 4.69) is 25.9 Å². The molecule has 54 valence electrons. The van der Waals surface area contributed by atoms with E-state index in [4.69, 9.17) is 5.73 Å². The molecule has 3 nitrogen and oxygen atoms in total. The summed E-state index contributed by atoms with van der Waals surface area (Å²) < 4.78 is 0. The average molecular weight is 202 g/mol. The molecule has 0 saturated carbocycles. The molecule has 4 heteroatoms. The Morgan fingerprint density at radius 1 is 1.60 bits per heavy atom. The summed E-state index contributed by atoms with van der Waals surface area (Å²) in [6, 6.07) is 0. The molecule has 0 aliphatic carbocycles. The number of nitrogen functional groups attached to an aromatic ring is 1. The third-order valence-corrected chi connectivity index (χ3v) is 1.89. The van der Waals surface area contributed by atoms with Gasteiger partial charge in [-0.1, -0.05) is 15.9 Å². The average Bonchev–Trinajstić information content (AvgIpc) is 1.88. The van der Waals surface area contributed by atoms with Gasteiger partial charge in [0, 0.05) is 16.6 Å². The van der Waals surface area contributed by atoms with Crippen LogP contribution in [-0.2, 0) is 5.33 Å². The SMILES string of the molecule is Cc1ncnc(N)c1CBr. The number of nitrogens with two attached hydrogens (primary N) is 1. The van der Waals surface area contributed by atoms with Crippen molar-refractivity contribution in [3.8, 4) is 0 Å². The van der Waals surface area contributed by atoms with Gasteiger partial charge in [0.25, 0.3) is 0 Å². The van der Waals surface area contributed by atoms with Crippen LogP contribution in [0.4, 0.5) is 5.82 Å². The molecule has 1 heterocycles. The number of anilines is 1. The van der Waals surface area contributed by atoms with E-state index in [0.29, 0.717) is 11.1 Å². The van der Waals surface area contributed by atoms with Crippen molar-refractivity contribution in [1.29, 1.82) is 0 Å². The second-order valence-electron chi connectivity index (χ2n) is 1.96. The summed E-state index contributed by atoms with van der Waals surface area (Å²) in [5.74, 6) is 0.560. The maximum Gasteiger partial charge on any atom is 0.131 e. The molecule has 1 aromatic rings. The van der Waals surface area contributed by atoms with Gasteiger partial charge < -0.3 is 5.73 Å². The molecule has 10 heavy (non-hydrogen) atoms. The molecular formula is C6H8BrN3. The van der Waals surface area contributed by atoms with Crippen molar-refractivity contribution in [2.45, 2.75) is 12.3 Å². The zero-order valence-electron chi connectivity index (χ0n) is 5.63. The maximum absolute atomic E-state index is 5.55. The van der Waals surface area contributed by atoms with Gasteiger partial charge in [0.05, 0.1) is 0 Å². The summed E-state index contributed by atoms with van der Waals surface area (Å²) in [5.41, 5.74) is 7.46. The van der Waals surface area contributed by atoms with Crippen LogP contribution in [0.2, 0.25) is 0 Å². The zero-order chi connectivity index (χ0) is 7.56. The molecule has 0 amide bonds. The van der Waals surface area contributed by atoms with Crippen molar-refractivity contribution < 1.29 is 0 Å². The second-order valence-corrected chi connectivity index (χ2v) is 2.52. The van der Waals surface area contributed by atoms with Gasteiger partial charge in [-0.2, -0.15) is 0 Å². The number of alkyl halides is 1. The van der Waals surface area contributed by atoms with Crippen LogP contribution in [0.15, 0.2) is 6.33 Å². The summed E-state index contributed by atoms with van der Waals surface area (Å²) >= 11 is 3.30. The number of rotatable bonds is 1. The molecule has 0 spiro atoms. The smallest absolute Gasteiger partial charge is 0.131 e. The lowest BCUT2D eigenvalue weighted by Gasteiger charge is -2.01. The lowest BCUT2D eigenvalue weighted by atomic mass is 10.2. The van der Waals surface area contributed by atoms with Crippen LogP contribution in [-0.4, -0.2) is 9.97 Å². The van der Waals surface area contributed by atoms with Crippen LogP contribution >= 0.6 is 15.9 Å². The first kappa shape index (κ1) is 7.47. The monoisotopic (exact) mass is 201 g/mol. The topological polar surface area (TPSA) is 51.8 Å². The molecule has 0 aromatic carbocycles. The predicted octanol–water partition coefficient (Wildman–Crippen LogP) is 1.26. The molecule has 1 aromatic heterocycles. The Morgan fingerprint density at radius 3 is 2.70 bits per heavy atom. The number of hydrogen-bond acceptors (Lipinski definition) is 3. The molecule has 0 radical (unpaired) electrons. The van der Waals surface area contributed by atoms with E-state index in [1.165, 1.54) is 6.33 Å². The summed E-state index contributed by atoms with van der Waals surface area (Å²) in [5, 5.41) is 0.714. The Bertz CT molecular complexity index is 216. The van der Waals surface area contributed by atoms with E-state index in [1.54, 1.807) is 0 Å². The fourth-order valence-corrected chi connectivity index (χ4v) is 1.38. The molecule has 0 fully saturated rings. The highest BCUT2D eigenvalue weighted by Crippen LogP contribution is 2.13. The normalized spacial score (nSPS) is 9.80. The molecule has 0 saturated heterocycles. The van der Waals surface area contributed by atoms with E-state index < -0.39 is 0 Å². The van der Waals surface area contributed by atoms with Crippen molar-refractivity contribution in [1.82, 2.24) is 9.97 Å². The number of halogens is 1. The van der Waals surface area contributed by atoms with Gasteiger partial charge in [-0.3, -0.25) is 0 Å². The molecule has 0 aliphatic heterocycles. The van der Waals surface area contributed by atoms with Gasteiger partial charge >= 0.3 is 0 Å². The molecular weight excluding hydrogens is 194 g/mol. The van der Waals surface area contributed by atoms with Crippen LogP contribution in [0.1, 0.15) is 11.3 Å². The van der Waals surface area contributed by atoms with Gasteiger partial charge in [0.2, 0.25) is 0 Å². The van der Waals surface area contributed by atoms with Crippen molar-refractivity contribution in [2.24, 2.45) is 0 Å². The number of aryl methyl sites for hydroxylation is 1. The molecule has 0 aliphatic rings. The fraction of sp³-hybridized carbons (Fsp3) is 0.333. The second kappa shape index (κ2) is 2.96. The summed E-state index contributed by atoms with van der Waals surface area (Å²) in [6.45, 7) is 1.91. The molecule has 0 atom stereocenters.